The summed E-state index contributed by atoms with van der Waals surface area (Å²) in [7, 11) is 0. The molecule has 4 aliphatic carbocycles. The van der Waals surface area contributed by atoms with E-state index in [0.29, 0.717) is 6.54 Å². The van der Waals surface area contributed by atoms with Crippen molar-refractivity contribution in [2.75, 3.05) is 6.54 Å². The van der Waals surface area contributed by atoms with Crippen molar-refractivity contribution >= 4 is 11.8 Å². The number of amides is 2. The topological polar surface area (TPSA) is 86.9 Å². The summed E-state index contributed by atoms with van der Waals surface area (Å²) in [6, 6.07) is 1.50. The van der Waals surface area contributed by atoms with Crippen molar-refractivity contribution in [2.24, 2.45) is 29.1 Å². The maximum Gasteiger partial charge on any atom is 0.242 e. The van der Waals surface area contributed by atoms with Gasteiger partial charge in [-0.2, -0.15) is 5.10 Å². The maximum absolute atomic E-state index is 13.3. The van der Waals surface area contributed by atoms with Gasteiger partial charge in [0.25, 0.3) is 0 Å². The van der Waals surface area contributed by atoms with Crippen LogP contribution in [0.4, 0.5) is 0 Å². The summed E-state index contributed by atoms with van der Waals surface area (Å²) in [6.45, 7) is 4.62. The quantitative estimate of drug-likeness (QED) is 0.601. The van der Waals surface area contributed by atoms with Gasteiger partial charge in [0.1, 0.15) is 6.04 Å². The van der Waals surface area contributed by atoms with E-state index in [1.165, 1.54) is 19.3 Å². The van der Waals surface area contributed by atoms with E-state index in [4.69, 9.17) is 0 Å². The molecule has 0 saturated heterocycles. The van der Waals surface area contributed by atoms with Gasteiger partial charge < -0.3 is 10.6 Å². The van der Waals surface area contributed by atoms with E-state index in [9.17, 15) is 9.59 Å². The number of hydrogen-bond donors (Lipinski definition) is 3. The van der Waals surface area contributed by atoms with Crippen molar-refractivity contribution in [2.45, 2.75) is 71.3 Å². The molecule has 4 fully saturated rings. The fourth-order valence-electron chi connectivity index (χ4n) is 6.24. The fourth-order valence-corrected chi connectivity index (χ4v) is 6.24. The highest BCUT2D eigenvalue weighted by atomic mass is 16.2. The van der Waals surface area contributed by atoms with Crippen LogP contribution in [0.1, 0.15) is 64.5 Å². The second kappa shape index (κ2) is 7.88. The zero-order chi connectivity index (χ0) is 19.7. The van der Waals surface area contributed by atoms with E-state index >= 15 is 0 Å². The first-order valence-corrected chi connectivity index (χ1v) is 11.0. The summed E-state index contributed by atoms with van der Waals surface area (Å²) in [5.41, 5.74) is 0.868. The van der Waals surface area contributed by atoms with Crippen LogP contribution in [0.15, 0.2) is 12.3 Å². The van der Waals surface area contributed by atoms with E-state index in [1.54, 1.807) is 6.20 Å². The highest BCUT2D eigenvalue weighted by Crippen LogP contribution is 2.60. The predicted octanol–water partition coefficient (Wildman–Crippen LogP) is 2.82. The number of carbonyl (C=O) groups is 2. The Bertz CT molecular complexity index is 662. The minimum Gasteiger partial charge on any atom is -0.354 e. The Morgan fingerprint density at radius 2 is 1.82 bits per heavy atom. The largest absolute Gasteiger partial charge is 0.354 e. The normalized spacial score (nSPS) is 31.8. The van der Waals surface area contributed by atoms with Crippen molar-refractivity contribution in [1.82, 2.24) is 20.8 Å². The first-order chi connectivity index (χ1) is 13.4. The zero-order valence-electron chi connectivity index (χ0n) is 17.2. The zero-order valence-corrected chi connectivity index (χ0v) is 17.2. The first-order valence-electron chi connectivity index (χ1n) is 11.0. The monoisotopic (exact) mass is 386 g/mol. The van der Waals surface area contributed by atoms with E-state index in [2.05, 4.69) is 20.8 Å². The Hall–Kier alpha value is -1.85. The molecular formula is C22H34N4O2. The van der Waals surface area contributed by atoms with Crippen LogP contribution < -0.4 is 10.6 Å². The van der Waals surface area contributed by atoms with Crippen LogP contribution in [0.25, 0.3) is 0 Å². The number of carbonyl (C=O) groups excluding carboxylic acids is 2. The molecule has 1 atom stereocenters. The number of hydrogen-bond acceptors (Lipinski definition) is 3. The minimum absolute atomic E-state index is 0.0577. The van der Waals surface area contributed by atoms with Gasteiger partial charge in [0.2, 0.25) is 11.8 Å². The molecule has 4 bridgehead atoms. The van der Waals surface area contributed by atoms with Gasteiger partial charge in [-0.3, -0.25) is 14.7 Å². The van der Waals surface area contributed by atoms with E-state index < -0.39 is 6.04 Å². The molecule has 1 aromatic rings. The van der Waals surface area contributed by atoms with Gasteiger partial charge in [0.05, 0.1) is 0 Å². The summed E-state index contributed by atoms with van der Waals surface area (Å²) in [4.78, 5) is 26.1. The third kappa shape index (κ3) is 3.96. The van der Waals surface area contributed by atoms with Crippen molar-refractivity contribution < 1.29 is 9.59 Å². The summed E-state index contributed by atoms with van der Waals surface area (Å²) >= 11 is 0. The average Bonchev–Trinajstić information content (AvgIpc) is 3.15. The van der Waals surface area contributed by atoms with Gasteiger partial charge in [-0.15, -0.1) is 0 Å². The maximum atomic E-state index is 13.3. The SMILES string of the molecule is CC(C)[C@@H](NC(=O)C12CC3CC(CC(C3)C1)C2)C(=O)NCCCc1ccn[nH]1. The Kier molecular flexibility index (Phi) is 5.48. The molecule has 0 radical (unpaired) electrons. The second-order valence-corrected chi connectivity index (χ2v) is 9.87. The molecule has 6 heteroatoms. The molecule has 28 heavy (non-hydrogen) atoms. The van der Waals surface area contributed by atoms with Crippen LogP contribution in [0.2, 0.25) is 0 Å². The van der Waals surface area contributed by atoms with Crippen LogP contribution in [-0.2, 0) is 16.0 Å². The molecule has 4 aliphatic rings. The van der Waals surface area contributed by atoms with Crippen LogP contribution in [-0.4, -0.2) is 34.6 Å². The van der Waals surface area contributed by atoms with Crippen LogP contribution in [0.3, 0.4) is 0 Å². The molecule has 0 aliphatic heterocycles. The molecule has 1 heterocycles. The van der Waals surface area contributed by atoms with Crippen LogP contribution in [0.5, 0.6) is 0 Å². The molecule has 154 valence electrons. The van der Waals surface area contributed by atoms with E-state index in [1.807, 2.05) is 19.9 Å². The predicted molar refractivity (Wildman–Crippen MR) is 107 cm³/mol. The highest BCUT2D eigenvalue weighted by molar-refractivity contribution is 5.90. The second-order valence-electron chi connectivity index (χ2n) is 9.87. The van der Waals surface area contributed by atoms with Crippen LogP contribution in [0, 0.1) is 29.1 Å². The lowest BCUT2D eigenvalue weighted by Crippen LogP contribution is -2.58. The summed E-state index contributed by atoms with van der Waals surface area (Å²) in [5, 5.41) is 13.1. The molecule has 6 nitrogen and oxygen atoms in total. The fraction of sp³-hybridized carbons (Fsp3) is 0.773. The lowest BCUT2D eigenvalue weighted by molar-refractivity contribution is -0.149. The molecule has 0 spiro atoms. The van der Waals surface area contributed by atoms with Crippen LogP contribution >= 0.6 is 0 Å². The number of aromatic nitrogens is 2. The highest BCUT2D eigenvalue weighted by Gasteiger charge is 2.55. The van der Waals surface area contributed by atoms with E-state index in [-0.39, 0.29) is 23.1 Å². The lowest BCUT2D eigenvalue weighted by atomic mass is 9.49. The standard InChI is InChI=1S/C22H34N4O2/c1-14(2)19(20(27)23-6-3-4-18-5-7-24-26-18)25-21(28)22-11-15-8-16(12-22)10-17(9-15)13-22/h5,7,14-17,19H,3-4,6,8-13H2,1-2H3,(H,23,27)(H,24,26)(H,25,28)/t15?,16?,17?,19-,22?/m1/s1. The molecular weight excluding hydrogens is 352 g/mol. The summed E-state index contributed by atoms with van der Waals surface area (Å²) < 4.78 is 0. The molecule has 5 rings (SSSR count). The number of aromatic amines is 1. The van der Waals surface area contributed by atoms with Gasteiger partial charge in [-0.1, -0.05) is 13.8 Å². The van der Waals surface area contributed by atoms with Crippen molar-refractivity contribution in [3.05, 3.63) is 18.0 Å². The number of H-pyrrole nitrogens is 1. The summed E-state index contributed by atoms with van der Waals surface area (Å²) in [6.07, 6.45) is 10.5. The smallest absolute Gasteiger partial charge is 0.242 e. The first kappa shape index (κ1) is 19.5. The molecule has 4 saturated carbocycles. The third-order valence-electron chi connectivity index (χ3n) is 7.24. The van der Waals surface area contributed by atoms with Gasteiger partial charge in [0, 0.05) is 23.9 Å². The Morgan fingerprint density at radius 1 is 1.18 bits per heavy atom. The van der Waals surface area contributed by atoms with Gasteiger partial charge in [0.15, 0.2) is 0 Å². The lowest BCUT2D eigenvalue weighted by Gasteiger charge is -2.55. The number of rotatable bonds is 8. The minimum atomic E-state index is -0.451. The molecule has 1 aromatic heterocycles. The van der Waals surface area contributed by atoms with Crippen molar-refractivity contribution in [3.63, 3.8) is 0 Å². The summed E-state index contributed by atoms with van der Waals surface area (Å²) in [5.74, 6) is 2.34. The van der Waals surface area contributed by atoms with E-state index in [0.717, 1.165) is 55.6 Å². The molecule has 3 N–H and O–H groups in total. The Balaban J connectivity index is 1.31. The Labute approximate surface area is 167 Å². The van der Waals surface area contributed by atoms with Crippen molar-refractivity contribution in [1.29, 1.82) is 0 Å². The van der Waals surface area contributed by atoms with Gasteiger partial charge >= 0.3 is 0 Å². The Morgan fingerprint density at radius 3 is 2.36 bits per heavy atom. The molecule has 2 amide bonds. The number of aryl methyl sites for hydroxylation is 1. The van der Waals surface area contributed by atoms with Gasteiger partial charge in [-0.05, 0) is 81.1 Å². The average molecular weight is 387 g/mol. The van der Waals surface area contributed by atoms with Crippen molar-refractivity contribution in [3.8, 4) is 0 Å². The number of nitrogens with one attached hydrogen (secondary N) is 3. The molecule has 0 aromatic carbocycles. The molecule has 0 unspecified atom stereocenters. The van der Waals surface area contributed by atoms with Gasteiger partial charge in [-0.25, -0.2) is 0 Å². The third-order valence-corrected chi connectivity index (χ3v) is 7.24. The number of nitrogens with zero attached hydrogens (tertiary/aromatic N) is 1.